The maximum Gasteiger partial charge on any atom is 0.289 e. The summed E-state index contributed by atoms with van der Waals surface area (Å²) in [5.74, 6) is 0.115. The smallest absolute Gasteiger partial charge is 0.289 e. The largest absolute Gasteiger partial charge is 0.459 e. The lowest BCUT2D eigenvalue weighted by molar-refractivity contribution is -0.117. The fraction of sp³-hybridized carbons (Fsp3) is 0.421. The van der Waals surface area contributed by atoms with Gasteiger partial charge in [-0.15, -0.1) is 11.3 Å². The zero-order valence-electron chi connectivity index (χ0n) is 14.9. The number of thiophene rings is 1. The molecular weight excluding hydrogens is 364 g/mol. The van der Waals surface area contributed by atoms with Crippen molar-refractivity contribution in [3.8, 4) is 6.07 Å². The number of rotatable bonds is 4. The Morgan fingerprint density at radius 2 is 2.07 bits per heavy atom. The molecule has 1 aliphatic carbocycles. The number of anilines is 1. The van der Waals surface area contributed by atoms with Crippen LogP contribution >= 0.6 is 11.3 Å². The minimum atomic E-state index is -0.115. The average molecular weight is 384 g/mol. The number of nitrogens with zero attached hydrogens (tertiary/aromatic N) is 3. The van der Waals surface area contributed by atoms with Crippen molar-refractivity contribution in [3.63, 3.8) is 0 Å². The molecule has 4 rings (SSSR count). The summed E-state index contributed by atoms with van der Waals surface area (Å²) in [6.45, 7) is 2.64. The molecule has 1 saturated heterocycles. The first-order valence-electron chi connectivity index (χ1n) is 9.05. The third-order valence-corrected chi connectivity index (χ3v) is 6.25. The molecule has 2 amide bonds. The molecule has 2 aromatic heterocycles. The van der Waals surface area contributed by atoms with Crippen LogP contribution in [0.5, 0.6) is 0 Å². The lowest BCUT2D eigenvalue weighted by Gasteiger charge is -2.33. The fourth-order valence-electron chi connectivity index (χ4n) is 3.65. The molecular formula is C19H20N4O3S. The second-order valence-corrected chi connectivity index (χ2v) is 7.87. The molecule has 0 radical (unpaired) electrons. The molecule has 0 spiro atoms. The van der Waals surface area contributed by atoms with Crippen LogP contribution < -0.4 is 5.32 Å². The number of nitrogens with one attached hydrogen (secondary N) is 1. The first kappa shape index (κ1) is 17.8. The first-order chi connectivity index (χ1) is 13.2. The highest BCUT2D eigenvalue weighted by Gasteiger charge is 2.26. The summed E-state index contributed by atoms with van der Waals surface area (Å²) in [7, 11) is 0. The van der Waals surface area contributed by atoms with Gasteiger partial charge < -0.3 is 14.6 Å². The normalized spacial score (nSPS) is 16.8. The van der Waals surface area contributed by atoms with Gasteiger partial charge >= 0.3 is 0 Å². The lowest BCUT2D eigenvalue weighted by Crippen LogP contribution is -2.50. The van der Waals surface area contributed by atoms with Crippen molar-refractivity contribution in [1.29, 1.82) is 5.26 Å². The number of fused-ring (bicyclic) bond motifs is 1. The Hall–Kier alpha value is -2.63. The van der Waals surface area contributed by atoms with Crippen LogP contribution in [0.25, 0.3) is 0 Å². The average Bonchev–Trinajstić information content (AvgIpc) is 3.39. The highest BCUT2D eigenvalue weighted by molar-refractivity contribution is 7.16. The van der Waals surface area contributed by atoms with E-state index in [1.807, 2.05) is 4.90 Å². The van der Waals surface area contributed by atoms with Crippen molar-refractivity contribution in [1.82, 2.24) is 9.80 Å². The number of piperazine rings is 1. The number of hydrogen-bond acceptors (Lipinski definition) is 6. The van der Waals surface area contributed by atoms with Crippen LogP contribution in [0.2, 0.25) is 0 Å². The van der Waals surface area contributed by atoms with Gasteiger partial charge in [-0.05, 0) is 37.0 Å². The van der Waals surface area contributed by atoms with Crippen molar-refractivity contribution >= 4 is 28.2 Å². The summed E-state index contributed by atoms with van der Waals surface area (Å²) < 4.78 is 5.16. The van der Waals surface area contributed by atoms with E-state index in [1.165, 1.54) is 22.5 Å². The predicted octanol–water partition coefficient (Wildman–Crippen LogP) is 2.10. The molecule has 1 N–H and O–H groups in total. The van der Waals surface area contributed by atoms with Gasteiger partial charge in [-0.25, -0.2) is 0 Å². The van der Waals surface area contributed by atoms with Gasteiger partial charge in [0.25, 0.3) is 5.91 Å². The first-order valence-corrected chi connectivity index (χ1v) is 9.87. The van der Waals surface area contributed by atoms with Crippen molar-refractivity contribution in [2.45, 2.75) is 19.3 Å². The van der Waals surface area contributed by atoms with Gasteiger partial charge in [-0.1, -0.05) is 0 Å². The van der Waals surface area contributed by atoms with Crippen LogP contribution in [-0.2, 0) is 17.6 Å². The Balaban J connectivity index is 1.30. The second-order valence-electron chi connectivity index (χ2n) is 6.77. The standard InChI is InChI=1S/C19H20N4O3S/c20-11-14-13-3-1-5-16(13)27-18(14)21-17(24)12-22-6-8-23(9-7-22)19(25)15-4-2-10-26-15/h2,4,10H,1,3,5-9,12H2,(H,21,24). The Morgan fingerprint density at radius 1 is 1.26 bits per heavy atom. The van der Waals surface area contributed by atoms with Crippen molar-refractivity contribution in [2.75, 3.05) is 38.0 Å². The topological polar surface area (TPSA) is 89.6 Å². The molecule has 27 heavy (non-hydrogen) atoms. The maximum atomic E-state index is 12.4. The summed E-state index contributed by atoms with van der Waals surface area (Å²) in [6, 6.07) is 5.60. The molecule has 2 aliphatic rings. The molecule has 8 heteroatoms. The monoisotopic (exact) mass is 384 g/mol. The highest BCUT2D eigenvalue weighted by Crippen LogP contribution is 2.38. The van der Waals surface area contributed by atoms with Crippen molar-refractivity contribution < 1.29 is 14.0 Å². The van der Waals surface area contributed by atoms with Crippen LogP contribution in [0.4, 0.5) is 5.00 Å². The van der Waals surface area contributed by atoms with Crippen LogP contribution in [0, 0.1) is 11.3 Å². The van der Waals surface area contributed by atoms with E-state index in [0.717, 1.165) is 24.8 Å². The molecule has 0 aromatic carbocycles. The number of carbonyl (C=O) groups excluding carboxylic acids is 2. The number of nitriles is 1. The number of hydrogen-bond donors (Lipinski definition) is 1. The van der Waals surface area contributed by atoms with Crippen LogP contribution in [0.3, 0.4) is 0 Å². The van der Waals surface area contributed by atoms with Gasteiger partial charge in [0.05, 0.1) is 18.4 Å². The summed E-state index contributed by atoms with van der Waals surface area (Å²) in [5, 5.41) is 13.0. The summed E-state index contributed by atoms with van der Waals surface area (Å²) >= 11 is 1.53. The van der Waals surface area contributed by atoms with Crippen molar-refractivity contribution in [2.24, 2.45) is 0 Å². The second kappa shape index (κ2) is 7.55. The molecule has 0 saturated carbocycles. The number of amides is 2. The summed E-state index contributed by atoms with van der Waals surface area (Å²) in [6.07, 6.45) is 4.50. The zero-order valence-corrected chi connectivity index (χ0v) is 15.7. The molecule has 2 aromatic rings. The molecule has 1 fully saturated rings. The highest BCUT2D eigenvalue weighted by atomic mass is 32.1. The minimum Gasteiger partial charge on any atom is -0.459 e. The van der Waals surface area contributed by atoms with E-state index in [4.69, 9.17) is 4.42 Å². The van der Waals surface area contributed by atoms with E-state index < -0.39 is 0 Å². The molecule has 140 valence electrons. The SMILES string of the molecule is N#Cc1c(NC(=O)CN2CCN(C(=O)c3ccco3)CC2)sc2c1CCC2. The van der Waals surface area contributed by atoms with Crippen LogP contribution in [0.1, 0.15) is 33.0 Å². The maximum absolute atomic E-state index is 12.4. The number of furan rings is 1. The molecule has 0 atom stereocenters. The van der Waals surface area contributed by atoms with Gasteiger partial charge in [0.2, 0.25) is 5.91 Å². The fourth-order valence-corrected chi connectivity index (χ4v) is 4.90. The third-order valence-electron chi connectivity index (χ3n) is 5.04. The summed E-state index contributed by atoms with van der Waals surface area (Å²) in [5.41, 5.74) is 1.75. The predicted molar refractivity (Wildman–Crippen MR) is 101 cm³/mol. The quantitative estimate of drug-likeness (QED) is 0.872. The molecule has 7 nitrogen and oxygen atoms in total. The summed E-state index contributed by atoms with van der Waals surface area (Å²) in [4.78, 5) is 29.7. The Morgan fingerprint density at radius 3 is 2.78 bits per heavy atom. The van der Waals surface area contributed by atoms with E-state index in [-0.39, 0.29) is 18.4 Å². The number of carbonyl (C=O) groups is 2. The van der Waals surface area contributed by atoms with Crippen LogP contribution in [0.15, 0.2) is 22.8 Å². The minimum absolute atomic E-state index is 0.114. The molecule has 0 unspecified atom stereocenters. The van der Waals surface area contributed by atoms with Gasteiger partial charge in [-0.3, -0.25) is 14.5 Å². The zero-order chi connectivity index (χ0) is 18.8. The van der Waals surface area contributed by atoms with E-state index in [1.54, 1.807) is 17.0 Å². The van der Waals surface area contributed by atoms with E-state index in [9.17, 15) is 14.9 Å². The van der Waals surface area contributed by atoms with Gasteiger partial charge in [0, 0.05) is 31.1 Å². The lowest BCUT2D eigenvalue weighted by atomic mass is 10.1. The van der Waals surface area contributed by atoms with Crippen LogP contribution in [-0.4, -0.2) is 54.3 Å². The Bertz CT molecular complexity index is 889. The van der Waals surface area contributed by atoms with Crippen molar-refractivity contribution in [3.05, 3.63) is 40.2 Å². The van der Waals surface area contributed by atoms with Gasteiger partial charge in [0.1, 0.15) is 11.1 Å². The molecule has 1 aliphatic heterocycles. The number of aryl methyl sites for hydroxylation is 1. The van der Waals surface area contributed by atoms with E-state index in [0.29, 0.717) is 42.5 Å². The van der Waals surface area contributed by atoms with Gasteiger partial charge in [-0.2, -0.15) is 5.26 Å². The molecule has 0 bridgehead atoms. The van der Waals surface area contributed by atoms with Gasteiger partial charge in [0.15, 0.2) is 5.76 Å². The van der Waals surface area contributed by atoms with E-state index in [2.05, 4.69) is 11.4 Å². The third kappa shape index (κ3) is 3.61. The Kier molecular flexibility index (Phi) is 4.97. The molecule has 3 heterocycles. The van der Waals surface area contributed by atoms with E-state index >= 15 is 0 Å². The Labute approximate surface area is 161 Å².